The fourth-order valence-electron chi connectivity index (χ4n) is 1.92. The van der Waals surface area contributed by atoms with E-state index in [0.29, 0.717) is 36.3 Å². The van der Waals surface area contributed by atoms with Gasteiger partial charge in [-0.15, -0.1) is 0 Å². The highest BCUT2D eigenvalue weighted by Crippen LogP contribution is 2.30. The topological polar surface area (TPSA) is 65.4 Å². The molecule has 1 unspecified atom stereocenters. The summed E-state index contributed by atoms with van der Waals surface area (Å²) in [6, 6.07) is 0. The molecule has 0 spiro atoms. The van der Waals surface area contributed by atoms with Gasteiger partial charge in [0.25, 0.3) is 5.56 Å². The predicted molar refractivity (Wildman–Crippen MR) is 77.4 cm³/mol. The van der Waals surface area contributed by atoms with Crippen LogP contribution >= 0.6 is 11.6 Å². The zero-order chi connectivity index (χ0) is 14.5. The Morgan fingerprint density at radius 2 is 2.30 bits per heavy atom. The van der Waals surface area contributed by atoms with E-state index in [9.17, 15) is 4.79 Å². The number of ether oxygens (including phenoxy) is 2. The third-order valence-electron chi connectivity index (χ3n) is 3.32. The third-order valence-corrected chi connectivity index (χ3v) is 3.60. The van der Waals surface area contributed by atoms with Gasteiger partial charge in [0.2, 0.25) is 0 Å². The quantitative estimate of drug-likeness (QED) is 0.786. The molecule has 20 heavy (non-hydrogen) atoms. The fourth-order valence-corrected chi connectivity index (χ4v) is 2.11. The maximum Gasteiger partial charge on any atom is 0.291 e. The molecule has 0 bridgehead atoms. The summed E-state index contributed by atoms with van der Waals surface area (Å²) < 4.78 is 11.8. The summed E-state index contributed by atoms with van der Waals surface area (Å²) in [4.78, 5) is 12.3. The van der Waals surface area contributed by atoms with Crippen LogP contribution in [-0.2, 0) is 16.0 Å². The summed E-state index contributed by atoms with van der Waals surface area (Å²) in [5.41, 5.74) is 0.192. The molecule has 0 aliphatic heterocycles. The lowest BCUT2D eigenvalue weighted by Gasteiger charge is -2.16. The van der Waals surface area contributed by atoms with Crippen molar-refractivity contribution in [3.63, 3.8) is 0 Å². The molecule has 2 rings (SSSR count). The van der Waals surface area contributed by atoms with E-state index < -0.39 is 0 Å². The first kappa shape index (κ1) is 15.3. The van der Waals surface area contributed by atoms with Crippen LogP contribution in [0.3, 0.4) is 0 Å². The van der Waals surface area contributed by atoms with Crippen molar-refractivity contribution in [1.82, 2.24) is 9.78 Å². The fraction of sp³-hybridized carbons (Fsp3) is 0.692. The molecule has 1 fully saturated rings. The standard InChI is InChI=1S/C13H20ClN3O3/c1-19-8-10(20-2)5-15-12-11(14)6-16-17(13(12)18)7-9-3-4-9/h6,9-10,15H,3-5,7-8H2,1-2H3. The van der Waals surface area contributed by atoms with E-state index in [1.165, 1.54) is 23.7 Å². The van der Waals surface area contributed by atoms with Crippen LogP contribution in [0.4, 0.5) is 5.69 Å². The van der Waals surface area contributed by atoms with Gasteiger partial charge in [-0.1, -0.05) is 11.6 Å². The first-order valence-corrected chi connectivity index (χ1v) is 7.04. The Kier molecular flexibility index (Phi) is 5.39. The van der Waals surface area contributed by atoms with Crippen LogP contribution < -0.4 is 10.9 Å². The lowest BCUT2D eigenvalue weighted by molar-refractivity contribution is 0.0365. The van der Waals surface area contributed by atoms with Gasteiger partial charge in [-0.3, -0.25) is 4.79 Å². The molecule has 1 aliphatic carbocycles. The molecular formula is C13H20ClN3O3. The number of hydrogen-bond acceptors (Lipinski definition) is 5. The predicted octanol–water partition coefficient (Wildman–Crippen LogP) is 1.38. The van der Waals surface area contributed by atoms with Crippen molar-refractivity contribution in [2.45, 2.75) is 25.5 Å². The monoisotopic (exact) mass is 301 g/mol. The van der Waals surface area contributed by atoms with Gasteiger partial charge in [-0.2, -0.15) is 5.10 Å². The highest BCUT2D eigenvalue weighted by molar-refractivity contribution is 6.32. The summed E-state index contributed by atoms with van der Waals surface area (Å²) >= 11 is 6.05. The van der Waals surface area contributed by atoms with E-state index >= 15 is 0 Å². The Morgan fingerprint density at radius 3 is 2.90 bits per heavy atom. The first-order valence-electron chi connectivity index (χ1n) is 6.67. The maximum atomic E-state index is 12.3. The van der Waals surface area contributed by atoms with E-state index in [1.807, 2.05) is 0 Å². The molecule has 0 radical (unpaired) electrons. The van der Waals surface area contributed by atoms with Crippen LogP contribution in [0.15, 0.2) is 11.0 Å². The average Bonchev–Trinajstić information content (AvgIpc) is 3.24. The summed E-state index contributed by atoms with van der Waals surface area (Å²) in [6.07, 6.45) is 3.70. The van der Waals surface area contributed by atoms with Crippen molar-refractivity contribution >= 4 is 17.3 Å². The minimum absolute atomic E-state index is 0.138. The lowest BCUT2D eigenvalue weighted by atomic mass is 10.3. The minimum Gasteiger partial charge on any atom is -0.382 e. The molecule has 1 aromatic heterocycles. The van der Waals surface area contributed by atoms with E-state index in [0.717, 1.165) is 0 Å². The van der Waals surface area contributed by atoms with Crippen LogP contribution in [0.25, 0.3) is 0 Å². The number of aromatic nitrogens is 2. The molecule has 0 amide bonds. The summed E-state index contributed by atoms with van der Waals surface area (Å²) in [7, 11) is 3.21. The normalized spacial score (nSPS) is 16.1. The van der Waals surface area contributed by atoms with Gasteiger partial charge >= 0.3 is 0 Å². The van der Waals surface area contributed by atoms with E-state index in [4.69, 9.17) is 21.1 Å². The van der Waals surface area contributed by atoms with Crippen LogP contribution in [0.1, 0.15) is 12.8 Å². The molecule has 112 valence electrons. The van der Waals surface area contributed by atoms with Crippen molar-refractivity contribution < 1.29 is 9.47 Å². The SMILES string of the molecule is COCC(CNc1c(Cl)cnn(CC2CC2)c1=O)OC. The minimum atomic E-state index is -0.184. The molecule has 7 heteroatoms. The van der Waals surface area contributed by atoms with Crippen molar-refractivity contribution in [2.24, 2.45) is 5.92 Å². The van der Waals surface area contributed by atoms with Crippen LogP contribution in [0.5, 0.6) is 0 Å². The number of hydrogen-bond donors (Lipinski definition) is 1. The van der Waals surface area contributed by atoms with E-state index in [-0.39, 0.29) is 11.7 Å². The molecule has 1 N–H and O–H groups in total. The van der Waals surface area contributed by atoms with Crippen molar-refractivity contribution in [3.8, 4) is 0 Å². The molecule has 1 aromatic rings. The van der Waals surface area contributed by atoms with Gasteiger partial charge in [0.1, 0.15) is 5.69 Å². The second-order valence-corrected chi connectivity index (χ2v) is 5.40. The van der Waals surface area contributed by atoms with Crippen LogP contribution in [0, 0.1) is 5.92 Å². The van der Waals surface area contributed by atoms with Gasteiger partial charge in [0.05, 0.1) is 23.9 Å². The Labute approximate surface area is 123 Å². The number of methoxy groups -OCH3 is 2. The smallest absolute Gasteiger partial charge is 0.291 e. The van der Waals surface area contributed by atoms with Crippen molar-refractivity contribution in [3.05, 3.63) is 21.6 Å². The molecule has 1 heterocycles. The Hall–Kier alpha value is -1.11. The Bertz CT molecular complexity index is 502. The van der Waals surface area contributed by atoms with Crippen molar-refractivity contribution in [1.29, 1.82) is 0 Å². The Morgan fingerprint density at radius 1 is 1.55 bits per heavy atom. The number of nitrogens with one attached hydrogen (secondary N) is 1. The van der Waals surface area contributed by atoms with Gasteiger partial charge < -0.3 is 14.8 Å². The van der Waals surface area contributed by atoms with E-state index in [2.05, 4.69) is 10.4 Å². The summed E-state index contributed by atoms with van der Waals surface area (Å²) in [5.74, 6) is 0.578. The van der Waals surface area contributed by atoms with Crippen LogP contribution in [-0.4, -0.2) is 43.3 Å². The molecule has 1 saturated carbocycles. The lowest BCUT2D eigenvalue weighted by Crippen LogP contribution is -2.31. The van der Waals surface area contributed by atoms with Crippen LogP contribution in [0.2, 0.25) is 5.02 Å². The van der Waals surface area contributed by atoms with Crippen molar-refractivity contribution in [2.75, 3.05) is 32.7 Å². The highest BCUT2D eigenvalue weighted by Gasteiger charge is 2.23. The summed E-state index contributed by atoms with van der Waals surface area (Å²) in [5, 5.41) is 7.45. The first-order chi connectivity index (χ1) is 9.65. The molecule has 6 nitrogen and oxygen atoms in total. The number of nitrogens with zero attached hydrogens (tertiary/aromatic N) is 2. The van der Waals surface area contributed by atoms with Gasteiger partial charge in [-0.05, 0) is 18.8 Å². The van der Waals surface area contributed by atoms with Gasteiger partial charge in [-0.25, -0.2) is 4.68 Å². The number of rotatable bonds is 8. The summed E-state index contributed by atoms with van der Waals surface area (Å²) in [6.45, 7) is 1.56. The Balaban J connectivity index is 2.07. The highest BCUT2D eigenvalue weighted by atomic mass is 35.5. The molecule has 0 aromatic carbocycles. The third kappa shape index (κ3) is 3.94. The average molecular weight is 302 g/mol. The van der Waals surface area contributed by atoms with Gasteiger partial charge in [0, 0.05) is 27.3 Å². The molecule has 1 atom stereocenters. The zero-order valence-electron chi connectivity index (χ0n) is 11.8. The second kappa shape index (κ2) is 7.06. The largest absolute Gasteiger partial charge is 0.382 e. The second-order valence-electron chi connectivity index (χ2n) is 4.99. The zero-order valence-corrected chi connectivity index (χ0v) is 12.5. The van der Waals surface area contributed by atoms with E-state index in [1.54, 1.807) is 14.2 Å². The molecule has 0 saturated heterocycles. The molecular weight excluding hydrogens is 282 g/mol. The number of anilines is 1. The maximum absolute atomic E-state index is 12.3. The molecule has 1 aliphatic rings. The van der Waals surface area contributed by atoms with Gasteiger partial charge in [0.15, 0.2) is 0 Å². The number of halogens is 1.